The maximum atomic E-state index is 5.57. The summed E-state index contributed by atoms with van der Waals surface area (Å²) in [4.78, 5) is 4.47. The molecule has 0 atom stereocenters. The number of aromatic nitrogens is 1. The van der Waals surface area contributed by atoms with Gasteiger partial charge in [-0.2, -0.15) is 0 Å². The molecule has 18 heavy (non-hydrogen) atoms. The average Bonchev–Trinajstić information content (AvgIpc) is 2.85. The third-order valence-electron chi connectivity index (χ3n) is 2.55. The average molecular weight is 262 g/mol. The van der Waals surface area contributed by atoms with Gasteiger partial charge in [-0.3, -0.25) is 0 Å². The summed E-state index contributed by atoms with van der Waals surface area (Å²) in [6, 6.07) is 8.33. The van der Waals surface area contributed by atoms with Crippen LogP contribution in [0, 0.1) is 0 Å². The van der Waals surface area contributed by atoms with E-state index < -0.39 is 0 Å². The maximum Gasteiger partial charge on any atom is 0.123 e. The van der Waals surface area contributed by atoms with Gasteiger partial charge in [-0.1, -0.05) is 24.3 Å². The lowest BCUT2D eigenvalue weighted by Gasteiger charge is -2.07. The summed E-state index contributed by atoms with van der Waals surface area (Å²) < 4.78 is 5.57. The topological polar surface area (TPSA) is 48.1 Å². The van der Waals surface area contributed by atoms with Crippen LogP contribution in [0.4, 0.5) is 0 Å². The Bertz CT molecular complexity index is 491. The summed E-state index contributed by atoms with van der Waals surface area (Å²) in [6.45, 7) is 5.23. The van der Waals surface area contributed by atoms with Gasteiger partial charge in [0.25, 0.3) is 0 Å². The van der Waals surface area contributed by atoms with Gasteiger partial charge >= 0.3 is 0 Å². The molecule has 0 aliphatic heterocycles. The summed E-state index contributed by atoms with van der Waals surface area (Å²) in [5, 5.41) is 3.03. The third-order valence-corrected chi connectivity index (χ3v) is 3.49. The predicted molar refractivity (Wildman–Crippen MR) is 75.4 cm³/mol. The zero-order chi connectivity index (χ0) is 13.0. The SMILES string of the molecule is CC(C)OCc1ccc(-c2nc(CN)cs2)cc1. The number of benzene rings is 1. The third kappa shape index (κ3) is 3.38. The summed E-state index contributed by atoms with van der Waals surface area (Å²) in [5.41, 5.74) is 8.82. The van der Waals surface area contributed by atoms with Crippen molar-refractivity contribution in [2.75, 3.05) is 0 Å². The van der Waals surface area contributed by atoms with Crippen LogP contribution in [-0.4, -0.2) is 11.1 Å². The van der Waals surface area contributed by atoms with Crippen molar-refractivity contribution >= 4 is 11.3 Å². The van der Waals surface area contributed by atoms with Crippen LogP contribution in [0.3, 0.4) is 0 Å². The first kappa shape index (κ1) is 13.2. The fraction of sp³-hybridized carbons (Fsp3) is 0.357. The Kier molecular flexibility index (Phi) is 4.47. The first-order valence-electron chi connectivity index (χ1n) is 6.04. The lowest BCUT2D eigenvalue weighted by atomic mass is 10.1. The largest absolute Gasteiger partial charge is 0.374 e. The highest BCUT2D eigenvalue weighted by molar-refractivity contribution is 7.13. The van der Waals surface area contributed by atoms with Crippen LogP contribution in [-0.2, 0) is 17.9 Å². The number of hydrogen-bond acceptors (Lipinski definition) is 4. The Balaban J connectivity index is 2.07. The summed E-state index contributed by atoms with van der Waals surface area (Å²) in [7, 11) is 0. The van der Waals surface area contributed by atoms with Gasteiger partial charge in [0.1, 0.15) is 5.01 Å². The van der Waals surface area contributed by atoms with Crippen LogP contribution in [0.5, 0.6) is 0 Å². The van der Waals surface area contributed by atoms with Gasteiger partial charge in [0, 0.05) is 17.5 Å². The number of thiazole rings is 1. The Morgan fingerprint density at radius 2 is 2.00 bits per heavy atom. The van der Waals surface area contributed by atoms with E-state index in [1.807, 2.05) is 19.2 Å². The smallest absolute Gasteiger partial charge is 0.123 e. The molecule has 1 aromatic carbocycles. The predicted octanol–water partition coefficient (Wildman–Crippen LogP) is 3.19. The van der Waals surface area contributed by atoms with Crippen molar-refractivity contribution in [2.45, 2.75) is 33.1 Å². The van der Waals surface area contributed by atoms with Crippen molar-refractivity contribution in [3.63, 3.8) is 0 Å². The molecule has 96 valence electrons. The molecule has 0 unspecified atom stereocenters. The molecule has 2 rings (SSSR count). The molecule has 0 amide bonds. The zero-order valence-corrected chi connectivity index (χ0v) is 11.5. The second-order valence-corrected chi connectivity index (χ2v) is 5.26. The van der Waals surface area contributed by atoms with Crippen molar-refractivity contribution in [3.8, 4) is 10.6 Å². The molecular weight excluding hydrogens is 244 g/mol. The van der Waals surface area contributed by atoms with E-state index in [-0.39, 0.29) is 6.10 Å². The lowest BCUT2D eigenvalue weighted by molar-refractivity contribution is 0.0657. The molecule has 0 spiro atoms. The van der Waals surface area contributed by atoms with Gasteiger partial charge in [-0.15, -0.1) is 11.3 Å². The molecule has 0 radical (unpaired) electrons. The maximum absolute atomic E-state index is 5.57. The van der Waals surface area contributed by atoms with Crippen molar-refractivity contribution in [2.24, 2.45) is 5.73 Å². The van der Waals surface area contributed by atoms with Crippen LogP contribution in [0.1, 0.15) is 25.1 Å². The molecule has 0 bridgehead atoms. The summed E-state index contributed by atoms with van der Waals surface area (Å²) >= 11 is 1.63. The monoisotopic (exact) mass is 262 g/mol. The Morgan fingerprint density at radius 1 is 1.28 bits per heavy atom. The van der Waals surface area contributed by atoms with Crippen molar-refractivity contribution in [3.05, 3.63) is 40.9 Å². The van der Waals surface area contributed by atoms with Crippen LogP contribution in [0.2, 0.25) is 0 Å². The number of hydrogen-bond donors (Lipinski definition) is 1. The van der Waals surface area contributed by atoms with Crippen LogP contribution in [0.15, 0.2) is 29.6 Å². The molecule has 0 fully saturated rings. The Hall–Kier alpha value is -1.23. The Morgan fingerprint density at radius 3 is 2.56 bits per heavy atom. The van der Waals surface area contributed by atoms with Gasteiger partial charge in [0.2, 0.25) is 0 Å². The fourth-order valence-electron chi connectivity index (χ4n) is 1.54. The molecule has 0 aliphatic rings. The number of nitrogens with zero attached hydrogens (tertiary/aromatic N) is 1. The van der Waals surface area contributed by atoms with E-state index in [9.17, 15) is 0 Å². The van der Waals surface area contributed by atoms with Crippen molar-refractivity contribution < 1.29 is 4.74 Å². The van der Waals surface area contributed by atoms with Gasteiger partial charge < -0.3 is 10.5 Å². The number of nitrogens with two attached hydrogens (primary N) is 1. The first-order chi connectivity index (χ1) is 8.69. The summed E-state index contributed by atoms with van der Waals surface area (Å²) in [5.74, 6) is 0. The number of rotatable bonds is 5. The Labute approximate surface area is 112 Å². The van der Waals surface area contributed by atoms with Crippen LogP contribution in [0.25, 0.3) is 10.6 Å². The lowest BCUT2D eigenvalue weighted by Crippen LogP contribution is -2.01. The molecule has 3 nitrogen and oxygen atoms in total. The van der Waals surface area contributed by atoms with E-state index in [1.165, 1.54) is 5.56 Å². The molecule has 2 N–H and O–H groups in total. The molecule has 1 heterocycles. The molecule has 0 saturated carbocycles. The van der Waals surface area contributed by atoms with E-state index in [0.717, 1.165) is 16.3 Å². The minimum absolute atomic E-state index is 0.260. The molecule has 0 aliphatic carbocycles. The van der Waals surface area contributed by atoms with Crippen LogP contribution >= 0.6 is 11.3 Å². The quantitative estimate of drug-likeness (QED) is 0.900. The van der Waals surface area contributed by atoms with Gasteiger partial charge in [-0.25, -0.2) is 4.98 Å². The number of ether oxygens (including phenoxy) is 1. The van der Waals surface area contributed by atoms with Crippen molar-refractivity contribution in [1.82, 2.24) is 4.98 Å². The minimum atomic E-state index is 0.260. The standard InChI is InChI=1S/C14H18N2OS/c1-10(2)17-8-11-3-5-12(6-4-11)14-16-13(7-15)9-18-14/h3-6,9-10H,7-8,15H2,1-2H3. The minimum Gasteiger partial charge on any atom is -0.374 e. The van der Waals surface area contributed by atoms with E-state index in [2.05, 4.69) is 29.2 Å². The molecule has 4 heteroatoms. The highest BCUT2D eigenvalue weighted by Gasteiger charge is 2.04. The highest BCUT2D eigenvalue weighted by atomic mass is 32.1. The van der Waals surface area contributed by atoms with Gasteiger partial charge in [-0.05, 0) is 19.4 Å². The fourth-order valence-corrected chi connectivity index (χ4v) is 2.38. The highest BCUT2D eigenvalue weighted by Crippen LogP contribution is 2.24. The second-order valence-electron chi connectivity index (χ2n) is 4.40. The molecular formula is C14H18N2OS. The zero-order valence-electron chi connectivity index (χ0n) is 10.7. The normalized spacial score (nSPS) is 11.1. The second kappa shape index (κ2) is 6.09. The van der Waals surface area contributed by atoms with E-state index in [4.69, 9.17) is 10.5 Å². The van der Waals surface area contributed by atoms with E-state index >= 15 is 0 Å². The van der Waals surface area contributed by atoms with Gasteiger partial charge in [0.15, 0.2) is 0 Å². The molecule has 0 saturated heterocycles. The van der Waals surface area contributed by atoms with Gasteiger partial charge in [0.05, 0.1) is 18.4 Å². The molecule has 2 aromatic rings. The first-order valence-corrected chi connectivity index (χ1v) is 6.92. The van der Waals surface area contributed by atoms with E-state index in [0.29, 0.717) is 13.2 Å². The van der Waals surface area contributed by atoms with Crippen LogP contribution < -0.4 is 5.73 Å². The van der Waals surface area contributed by atoms with Crippen molar-refractivity contribution in [1.29, 1.82) is 0 Å². The van der Waals surface area contributed by atoms with E-state index in [1.54, 1.807) is 11.3 Å². The summed E-state index contributed by atoms with van der Waals surface area (Å²) in [6.07, 6.45) is 0.260. The molecule has 1 aromatic heterocycles.